The van der Waals surface area contributed by atoms with Crippen LogP contribution in [0, 0.1) is 0 Å². The lowest BCUT2D eigenvalue weighted by Crippen LogP contribution is -2.45. The molecule has 1 rings (SSSR count). The summed E-state index contributed by atoms with van der Waals surface area (Å²) >= 11 is 1.45. The van der Waals surface area contributed by atoms with Crippen molar-refractivity contribution in [2.24, 2.45) is 0 Å². The Morgan fingerprint density at radius 3 is 2.48 bits per heavy atom. The van der Waals surface area contributed by atoms with Gasteiger partial charge in [0.25, 0.3) is 0 Å². The maximum Gasteiger partial charge on any atom is 0.408 e. The monoisotopic (exact) mass is 341 g/mol. The van der Waals surface area contributed by atoms with Crippen LogP contribution in [0.15, 0.2) is 6.20 Å². The molecule has 130 valence electrons. The van der Waals surface area contributed by atoms with Gasteiger partial charge < -0.3 is 15.4 Å². The minimum atomic E-state index is -0.638. The van der Waals surface area contributed by atoms with Crippen molar-refractivity contribution in [3.8, 4) is 0 Å². The summed E-state index contributed by atoms with van der Waals surface area (Å²) in [5.41, 5.74) is -0.598. The van der Waals surface area contributed by atoms with Crippen LogP contribution in [0.4, 0.5) is 9.93 Å². The molecule has 0 saturated carbocycles. The second kappa shape index (κ2) is 8.29. The molecule has 0 bridgehead atoms. The number of carbonyl (C=O) groups is 2. The summed E-state index contributed by atoms with van der Waals surface area (Å²) in [5.74, 6) is 0.0897. The van der Waals surface area contributed by atoms with Crippen molar-refractivity contribution in [2.75, 3.05) is 5.32 Å². The van der Waals surface area contributed by atoms with E-state index >= 15 is 0 Å². The van der Waals surface area contributed by atoms with Gasteiger partial charge in [0.2, 0.25) is 5.91 Å². The van der Waals surface area contributed by atoms with E-state index in [2.05, 4.69) is 29.5 Å². The molecule has 0 saturated heterocycles. The Kier molecular flexibility index (Phi) is 7.00. The van der Waals surface area contributed by atoms with Gasteiger partial charge in [0, 0.05) is 11.1 Å². The molecule has 0 aliphatic carbocycles. The van der Waals surface area contributed by atoms with Crippen molar-refractivity contribution < 1.29 is 14.3 Å². The Labute approximate surface area is 142 Å². The van der Waals surface area contributed by atoms with Crippen molar-refractivity contribution in [3.63, 3.8) is 0 Å². The third-order valence-electron chi connectivity index (χ3n) is 2.91. The molecule has 0 spiro atoms. The van der Waals surface area contributed by atoms with Crippen LogP contribution in [0.2, 0.25) is 0 Å². The highest BCUT2D eigenvalue weighted by molar-refractivity contribution is 7.15. The first kappa shape index (κ1) is 19.4. The quantitative estimate of drug-likeness (QED) is 0.822. The van der Waals surface area contributed by atoms with Crippen LogP contribution in [0.1, 0.15) is 65.2 Å². The lowest BCUT2D eigenvalue weighted by Gasteiger charge is -2.22. The van der Waals surface area contributed by atoms with E-state index in [0.29, 0.717) is 17.5 Å². The molecule has 0 aromatic carbocycles. The number of hydrogen-bond acceptors (Lipinski definition) is 5. The summed E-state index contributed by atoms with van der Waals surface area (Å²) in [6.07, 6.45) is 2.48. The second-order valence-corrected chi connectivity index (χ2v) is 7.76. The summed E-state index contributed by atoms with van der Waals surface area (Å²) in [4.78, 5) is 29.5. The Balaban J connectivity index is 2.68. The Morgan fingerprint density at radius 2 is 2.00 bits per heavy atom. The number of hydrogen-bond donors (Lipinski definition) is 2. The van der Waals surface area contributed by atoms with E-state index < -0.39 is 17.7 Å². The van der Waals surface area contributed by atoms with Crippen LogP contribution in [-0.4, -0.2) is 28.6 Å². The van der Waals surface area contributed by atoms with E-state index in [4.69, 9.17) is 4.74 Å². The number of alkyl carbamates (subject to hydrolysis) is 1. The molecule has 1 aromatic heterocycles. The van der Waals surface area contributed by atoms with E-state index in [0.717, 1.165) is 11.3 Å². The zero-order chi connectivity index (χ0) is 17.6. The topological polar surface area (TPSA) is 80.3 Å². The number of nitrogens with zero attached hydrogens (tertiary/aromatic N) is 1. The number of thiazole rings is 1. The van der Waals surface area contributed by atoms with Gasteiger partial charge in [-0.15, -0.1) is 11.3 Å². The van der Waals surface area contributed by atoms with E-state index in [-0.39, 0.29) is 5.91 Å². The zero-order valence-electron chi connectivity index (χ0n) is 14.7. The first-order valence-electron chi connectivity index (χ1n) is 7.88. The van der Waals surface area contributed by atoms with Crippen LogP contribution < -0.4 is 10.6 Å². The molecule has 7 heteroatoms. The number of aromatic nitrogens is 1. The molecule has 1 heterocycles. The van der Waals surface area contributed by atoms with Gasteiger partial charge in [-0.05, 0) is 33.1 Å². The number of carbonyl (C=O) groups excluding carboxylic acids is 2. The fourth-order valence-corrected chi connectivity index (χ4v) is 2.63. The van der Waals surface area contributed by atoms with Crippen molar-refractivity contribution in [1.29, 1.82) is 0 Å². The molecule has 0 aliphatic rings. The van der Waals surface area contributed by atoms with Gasteiger partial charge >= 0.3 is 6.09 Å². The number of ether oxygens (including phenoxy) is 1. The first-order valence-corrected chi connectivity index (χ1v) is 8.70. The van der Waals surface area contributed by atoms with Gasteiger partial charge in [0.1, 0.15) is 11.6 Å². The van der Waals surface area contributed by atoms with E-state index in [1.807, 2.05) is 6.92 Å². The van der Waals surface area contributed by atoms with Gasteiger partial charge in [-0.1, -0.05) is 27.2 Å². The third-order valence-corrected chi connectivity index (χ3v) is 4.12. The summed E-state index contributed by atoms with van der Waals surface area (Å²) in [6.45, 7) is 11.4. The third kappa shape index (κ3) is 6.99. The average molecular weight is 341 g/mol. The number of amides is 2. The van der Waals surface area contributed by atoms with E-state index in [9.17, 15) is 9.59 Å². The fourth-order valence-electron chi connectivity index (χ4n) is 1.81. The number of anilines is 1. The van der Waals surface area contributed by atoms with Crippen LogP contribution in [0.3, 0.4) is 0 Å². The predicted molar refractivity (Wildman–Crippen MR) is 92.9 cm³/mol. The molecule has 1 aromatic rings. The molecule has 0 aliphatic heterocycles. The van der Waals surface area contributed by atoms with E-state index in [1.54, 1.807) is 27.0 Å². The molecular weight excluding hydrogens is 314 g/mol. The predicted octanol–water partition coefficient (Wildman–Crippen LogP) is 3.90. The summed E-state index contributed by atoms with van der Waals surface area (Å²) in [5, 5.41) is 5.94. The van der Waals surface area contributed by atoms with Crippen molar-refractivity contribution in [1.82, 2.24) is 10.3 Å². The van der Waals surface area contributed by atoms with Gasteiger partial charge in [0.15, 0.2) is 5.13 Å². The molecule has 2 N–H and O–H groups in total. The number of nitrogens with one attached hydrogen (secondary N) is 2. The smallest absolute Gasteiger partial charge is 0.408 e. The highest BCUT2D eigenvalue weighted by Gasteiger charge is 2.24. The van der Waals surface area contributed by atoms with Gasteiger partial charge in [-0.3, -0.25) is 4.79 Å². The molecule has 6 nitrogen and oxygen atoms in total. The SMILES string of the molecule is CCCC(NC(=O)OC(C)(C)C)C(=O)Nc1ncc(C(C)C)s1. The Bertz CT molecular complexity index is 535. The molecule has 0 radical (unpaired) electrons. The van der Waals surface area contributed by atoms with Crippen molar-refractivity contribution >= 4 is 28.5 Å². The average Bonchev–Trinajstić information content (AvgIpc) is 2.84. The standard InChI is InChI=1S/C16H27N3O3S/c1-7-8-11(18-15(21)22-16(4,5)6)13(20)19-14-17-9-12(23-14)10(2)3/h9-11H,7-8H2,1-6H3,(H,18,21)(H,17,19,20). The Hall–Kier alpha value is -1.63. The second-order valence-electron chi connectivity index (χ2n) is 6.70. The lowest BCUT2D eigenvalue weighted by molar-refractivity contribution is -0.118. The summed E-state index contributed by atoms with van der Waals surface area (Å²) < 4.78 is 5.21. The number of rotatable bonds is 6. The summed E-state index contributed by atoms with van der Waals surface area (Å²) in [6, 6.07) is -0.638. The maximum absolute atomic E-state index is 12.4. The molecular formula is C16H27N3O3S. The minimum Gasteiger partial charge on any atom is -0.444 e. The van der Waals surface area contributed by atoms with Crippen LogP contribution >= 0.6 is 11.3 Å². The first-order chi connectivity index (χ1) is 10.6. The van der Waals surface area contributed by atoms with Gasteiger partial charge in [-0.25, -0.2) is 9.78 Å². The molecule has 1 atom stereocenters. The van der Waals surface area contributed by atoms with Gasteiger partial charge in [0.05, 0.1) is 0 Å². The van der Waals surface area contributed by atoms with Crippen LogP contribution in [0.25, 0.3) is 0 Å². The largest absolute Gasteiger partial charge is 0.444 e. The fraction of sp³-hybridized carbons (Fsp3) is 0.688. The molecule has 23 heavy (non-hydrogen) atoms. The highest BCUT2D eigenvalue weighted by Crippen LogP contribution is 2.25. The zero-order valence-corrected chi connectivity index (χ0v) is 15.5. The van der Waals surface area contributed by atoms with Gasteiger partial charge in [-0.2, -0.15) is 0 Å². The Morgan fingerprint density at radius 1 is 1.35 bits per heavy atom. The maximum atomic E-state index is 12.4. The lowest BCUT2D eigenvalue weighted by atomic mass is 10.1. The normalized spacial score (nSPS) is 12.8. The van der Waals surface area contributed by atoms with Crippen LogP contribution in [0.5, 0.6) is 0 Å². The molecule has 2 amide bonds. The van der Waals surface area contributed by atoms with Crippen LogP contribution in [-0.2, 0) is 9.53 Å². The van der Waals surface area contributed by atoms with Crippen molar-refractivity contribution in [2.45, 2.75) is 71.9 Å². The molecule has 0 fully saturated rings. The minimum absolute atomic E-state index is 0.276. The molecule has 1 unspecified atom stereocenters. The van der Waals surface area contributed by atoms with E-state index in [1.165, 1.54) is 11.3 Å². The van der Waals surface area contributed by atoms with Crippen molar-refractivity contribution in [3.05, 3.63) is 11.1 Å². The highest BCUT2D eigenvalue weighted by atomic mass is 32.1. The summed E-state index contributed by atoms with van der Waals surface area (Å²) in [7, 11) is 0.